The molecule has 2 atom stereocenters. The van der Waals surface area contributed by atoms with Crippen LogP contribution in [0.2, 0.25) is 0 Å². The Hall–Kier alpha value is -1.24. The summed E-state index contributed by atoms with van der Waals surface area (Å²) in [5, 5.41) is 0. The average Bonchev–Trinajstić information content (AvgIpc) is 2.59. The number of aromatic nitrogens is 2. The highest BCUT2D eigenvalue weighted by molar-refractivity contribution is 5.31. The van der Waals surface area contributed by atoms with Gasteiger partial charge in [0.15, 0.2) is 0 Å². The van der Waals surface area contributed by atoms with Crippen LogP contribution in [0.15, 0.2) is 18.5 Å². The third-order valence-corrected chi connectivity index (χ3v) is 4.90. The first-order valence-electron chi connectivity index (χ1n) is 8.56. The molecule has 2 aliphatic rings. The molecule has 0 radical (unpaired) electrons. The van der Waals surface area contributed by atoms with Gasteiger partial charge in [0.05, 0.1) is 19.3 Å². The molecule has 1 aromatic heterocycles. The lowest BCUT2D eigenvalue weighted by Crippen LogP contribution is -2.57. The second kappa shape index (κ2) is 7.55. The number of likely N-dealkylation sites (N-methyl/N-ethyl adjacent to an activating group) is 1. The molecule has 2 fully saturated rings. The fourth-order valence-electron chi connectivity index (χ4n) is 3.65. The van der Waals surface area contributed by atoms with E-state index in [0.29, 0.717) is 6.10 Å². The van der Waals surface area contributed by atoms with Gasteiger partial charge in [0.25, 0.3) is 0 Å². The maximum absolute atomic E-state index is 6.09. The molecule has 1 aromatic rings. The minimum absolute atomic E-state index is 0.0714. The van der Waals surface area contributed by atoms with Crippen molar-refractivity contribution in [2.45, 2.75) is 25.4 Å². The van der Waals surface area contributed by atoms with E-state index in [-0.39, 0.29) is 5.41 Å². The van der Waals surface area contributed by atoms with Crippen LogP contribution in [-0.2, 0) is 9.47 Å². The number of fused-ring (bicyclic) bond motifs is 1. The Morgan fingerprint density at radius 3 is 3.00 bits per heavy atom. The maximum atomic E-state index is 6.09. The van der Waals surface area contributed by atoms with Gasteiger partial charge in [-0.2, -0.15) is 0 Å². The van der Waals surface area contributed by atoms with Gasteiger partial charge in [-0.3, -0.25) is 0 Å². The van der Waals surface area contributed by atoms with Crippen molar-refractivity contribution in [3.8, 4) is 0 Å². The first-order chi connectivity index (χ1) is 11.2. The minimum Gasteiger partial charge on any atom is -0.379 e. The molecule has 0 N–H and O–H groups in total. The van der Waals surface area contributed by atoms with Crippen LogP contribution in [0.3, 0.4) is 0 Å². The summed E-state index contributed by atoms with van der Waals surface area (Å²) >= 11 is 0. The summed E-state index contributed by atoms with van der Waals surface area (Å²) in [6.07, 6.45) is 7.21. The zero-order chi connectivity index (χ0) is 16.1. The topological polar surface area (TPSA) is 50.7 Å². The van der Waals surface area contributed by atoms with E-state index in [0.717, 1.165) is 64.7 Å². The standard InChI is InChI=1S/C17H28N4O2/c1-20(2)10-12-22-14-17-6-3-11-23-15(17)5-9-21(13-17)16-18-7-4-8-19-16/h4,7-8,15H,3,5-6,9-14H2,1-2H3/t15-,17-/m0/s1. The highest BCUT2D eigenvalue weighted by atomic mass is 16.5. The molecular weight excluding hydrogens is 292 g/mol. The molecule has 3 heterocycles. The normalized spacial score (nSPS) is 28.0. The van der Waals surface area contributed by atoms with E-state index in [2.05, 4.69) is 33.9 Å². The summed E-state index contributed by atoms with van der Waals surface area (Å²) in [5.41, 5.74) is 0.0714. The number of anilines is 1. The lowest BCUT2D eigenvalue weighted by Gasteiger charge is -2.50. The Morgan fingerprint density at radius 1 is 1.39 bits per heavy atom. The largest absolute Gasteiger partial charge is 0.379 e. The minimum atomic E-state index is 0.0714. The summed E-state index contributed by atoms with van der Waals surface area (Å²) in [7, 11) is 4.15. The first-order valence-corrected chi connectivity index (χ1v) is 8.56. The zero-order valence-corrected chi connectivity index (χ0v) is 14.3. The molecule has 6 nitrogen and oxygen atoms in total. The van der Waals surface area contributed by atoms with Crippen LogP contribution in [-0.4, -0.2) is 74.5 Å². The highest BCUT2D eigenvalue weighted by Crippen LogP contribution is 2.41. The van der Waals surface area contributed by atoms with Crippen molar-refractivity contribution in [2.24, 2.45) is 5.41 Å². The molecule has 0 bridgehead atoms. The molecule has 0 spiro atoms. The van der Waals surface area contributed by atoms with Crippen LogP contribution < -0.4 is 4.90 Å². The lowest BCUT2D eigenvalue weighted by atomic mass is 9.73. The fourth-order valence-corrected chi connectivity index (χ4v) is 3.65. The van der Waals surface area contributed by atoms with Gasteiger partial charge >= 0.3 is 0 Å². The summed E-state index contributed by atoms with van der Waals surface area (Å²) in [5.74, 6) is 0.823. The van der Waals surface area contributed by atoms with Gasteiger partial charge in [0.1, 0.15) is 0 Å². The van der Waals surface area contributed by atoms with Crippen molar-refractivity contribution in [3.05, 3.63) is 18.5 Å². The number of piperidine rings is 1. The second-order valence-electron chi connectivity index (χ2n) is 6.94. The van der Waals surface area contributed by atoms with Crippen molar-refractivity contribution in [2.75, 3.05) is 58.5 Å². The van der Waals surface area contributed by atoms with Crippen molar-refractivity contribution in [3.63, 3.8) is 0 Å². The van der Waals surface area contributed by atoms with Gasteiger partial charge < -0.3 is 19.3 Å². The molecule has 2 saturated heterocycles. The summed E-state index contributed by atoms with van der Waals surface area (Å²) < 4.78 is 12.1. The number of hydrogen-bond donors (Lipinski definition) is 0. The van der Waals surface area contributed by atoms with E-state index in [1.165, 1.54) is 0 Å². The molecule has 128 valence electrons. The molecule has 0 aliphatic carbocycles. The van der Waals surface area contributed by atoms with Gasteiger partial charge in [-0.15, -0.1) is 0 Å². The number of rotatable bonds is 6. The Balaban J connectivity index is 1.67. The molecule has 0 unspecified atom stereocenters. The van der Waals surface area contributed by atoms with Gasteiger partial charge in [0.2, 0.25) is 5.95 Å². The quantitative estimate of drug-likeness (QED) is 0.739. The fraction of sp³-hybridized carbons (Fsp3) is 0.765. The molecule has 6 heteroatoms. The van der Waals surface area contributed by atoms with E-state index in [1.807, 2.05) is 18.5 Å². The Morgan fingerprint density at radius 2 is 2.22 bits per heavy atom. The van der Waals surface area contributed by atoms with Crippen LogP contribution in [0.5, 0.6) is 0 Å². The Labute approximate surface area is 138 Å². The van der Waals surface area contributed by atoms with Crippen molar-refractivity contribution in [1.82, 2.24) is 14.9 Å². The number of hydrogen-bond acceptors (Lipinski definition) is 6. The van der Waals surface area contributed by atoms with E-state index in [9.17, 15) is 0 Å². The molecule has 3 rings (SSSR count). The van der Waals surface area contributed by atoms with Gasteiger partial charge in [0, 0.05) is 44.0 Å². The Kier molecular flexibility index (Phi) is 5.46. The van der Waals surface area contributed by atoms with E-state index in [1.54, 1.807) is 0 Å². The number of nitrogens with zero attached hydrogens (tertiary/aromatic N) is 4. The third kappa shape index (κ3) is 4.00. The van der Waals surface area contributed by atoms with E-state index in [4.69, 9.17) is 9.47 Å². The molecule has 23 heavy (non-hydrogen) atoms. The van der Waals surface area contributed by atoms with Crippen LogP contribution in [0.25, 0.3) is 0 Å². The van der Waals surface area contributed by atoms with E-state index >= 15 is 0 Å². The number of ether oxygens (including phenoxy) is 2. The summed E-state index contributed by atoms with van der Waals surface area (Å²) in [6, 6.07) is 1.86. The van der Waals surface area contributed by atoms with Gasteiger partial charge in [-0.1, -0.05) is 0 Å². The van der Waals surface area contributed by atoms with Crippen molar-refractivity contribution < 1.29 is 9.47 Å². The molecule has 0 aromatic carbocycles. The predicted molar refractivity (Wildman–Crippen MR) is 89.6 cm³/mol. The molecular formula is C17H28N4O2. The first kappa shape index (κ1) is 16.6. The molecule has 0 saturated carbocycles. The van der Waals surface area contributed by atoms with Crippen molar-refractivity contribution in [1.29, 1.82) is 0 Å². The maximum Gasteiger partial charge on any atom is 0.225 e. The monoisotopic (exact) mass is 320 g/mol. The van der Waals surface area contributed by atoms with Crippen LogP contribution in [0, 0.1) is 5.41 Å². The lowest BCUT2D eigenvalue weighted by molar-refractivity contribution is -0.125. The molecule has 0 amide bonds. The predicted octanol–water partition coefficient (Wildman–Crippen LogP) is 1.43. The molecule has 2 aliphatic heterocycles. The third-order valence-electron chi connectivity index (χ3n) is 4.90. The smallest absolute Gasteiger partial charge is 0.225 e. The van der Waals surface area contributed by atoms with Gasteiger partial charge in [-0.05, 0) is 39.4 Å². The van der Waals surface area contributed by atoms with Crippen LogP contribution in [0.4, 0.5) is 5.95 Å². The summed E-state index contributed by atoms with van der Waals surface area (Å²) in [6.45, 7) is 5.23. The van der Waals surface area contributed by atoms with Crippen LogP contribution in [0.1, 0.15) is 19.3 Å². The van der Waals surface area contributed by atoms with E-state index < -0.39 is 0 Å². The van der Waals surface area contributed by atoms with Crippen molar-refractivity contribution >= 4 is 5.95 Å². The second-order valence-corrected chi connectivity index (χ2v) is 6.94. The van der Waals surface area contributed by atoms with Crippen LogP contribution >= 0.6 is 0 Å². The highest BCUT2D eigenvalue weighted by Gasteiger charge is 2.46. The SMILES string of the molecule is CN(C)CCOC[C@@]12CCCO[C@H]1CCN(c1ncccn1)C2. The summed E-state index contributed by atoms with van der Waals surface area (Å²) in [4.78, 5) is 13.3. The average molecular weight is 320 g/mol. The zero-order valence-electron chi connectivity index (χ0n) is 14.3. The van der Waals surface area contributed by atoms with Gasteiger partial charge in [-0.25, -0.2) is 9.97 Å². The Bertz CT molecular complexity index is 485.